The summed E-state index contributed by atoms with van der Waals surface area (Å²) in [4.78, 5) is 13.9. The molecule has 0 amide bonds. The van der Waals surface area contributed by atoms with Gasteiger partial charge in [0.1, 0.15) is 12.4 Å². The molecule has 0 aliphatic rings. The smallest absolute Gasteiger partial charge is 0.341 e. The molecule has 3 nitrogen and oxygen atoms in total. The number of ether oxygens (including phenoxy) is 1. The van der Waals surface area contributed by atoms with E-state index in [9.17, 15) is 9.18 Å². The molecule has 100 valence electrons. The number of hydrogen-bond donors (Lipinski definition) is 1. The van der Waals surface area contributed by atoms with Crippen LogP contribution in [0.3, 0.4) is 0 Å². The predicted molar refractivity (Wildman–Crippen MR) is 73.6 cm³/mol. The Balaban J connectivity index is 2.03. The zero-order valence-electron chi connectivity index (χ0n) is 10.5. The number of esters is 1. The van der Waals surface area contributed by atoms with Crippen molar-refractivity contribution in [1.29, 1.82) is 0 Å². The van der Waals surface area contributed by atoms with E-state index >= 15 is 0 Å². The molecule has 2 N–H and O–H groups in total. The Kier molecular flexibility index (Phi) is 4.16. The summed E-state index contributed by atoms with van der Waals surface area (Å²) in [7, 11) is 0. The van der Waals surface area contributed by atoms with Gasteiger partial charge in [-0.15, -0.1) is 11.3 Å². The van der Waals surface area contributed by atoms with E-state index in [0.717, 1.165) is 17.4 Å². The van der Waals surface area contributed by atoms with Gasteiger partial charge in [-0.2, -0.15) is 0 Å². The minimum absolute atomic E-state index is 0.132. The molecule has 0 aliphatic carbocycles. The molecule has 0 bridgehead atoms. The van der Waals surface area contributed by atoms with Gasteiger partial charge in [-0.1, -0.05) is 6.92 Å². The van der Waals surface area contributed by atoms with E-state index < -0.39 is 11.8 Å². The standard InChI is InChI=1S/C14H14FNO2S/c1-2-10-4-5-11(19-10)8-18-14(17)12-7-9(16)3-6-13(12)15/h3-7H,2,8,16H2,1H3. The summed E-state index contributed by atoms with van der Waals surface area (Å²) in [6.07, 6.45) is 0.947. The van der Waals surface area contributed by atoms with Crippen molar-refractivity contribution >= 4 is 23.0 Å². The molecule has 0 unspecified atom stereocenters. The van der Waals surface area contributed by atoms with Crippen LogP contribution in [0.15, 0.2) is 30.3 Å². The summed E-state index contributed by atoms with van der Waals surface area (Å²) in [6.45, 7) is 2.21. The first-order valence-corrected chi connectivity index (χ1v) is 6.71. The number of benzene rings is 1. The van der Waals surface area contributed by atoms with Gasteiger partial charge in [-0.05, 0) is 36.8 Å². The molecule has 0 aliphatic heterocycles. The van der Waals surface area contributed by atoms with Crippen LogP contribution in [0, 0.1) is 5.82 Å². The first kappa shape index (κ1) is 13.5. The average Bonchev–Trinajstić information content (AvgIpc) is 2.87. The molecule has 0 saturated carbocycles. The molecule has 1 aromatic heterocycles. The van der Waals surface area contributed by atoms with Crippen LogP contribution in [0.5, 0.6) is 0 Å². The topological polar surface area (TPSA) is 52.3 Å². The number of rotatable bonds is 4. The predicted octanol–water partition coefficient (Wildman–Crippen LogP) is 3.39. The summed E-state index contributed by atoms with van der Waals surface area (Å²) in [5.74, 6) is -1.32. The third kappa shape index (κ3) is 3.32. The maximum Gasteiger partial charge on any atom is 0.341 e. The van der Waals surface area contributed by atoms with Gasteiger partial charge >= 0.3 is 5.97 Å². The van der Waals surface area contributed by atoms with Gasteiger partial charge in [-0.25, -0.2) is 9.18 Å². The van der Waals surface area contributed by atoms with E-state index in [1.54, 1.807) is 11.3 Å². The Hall–Kier alpha value is -1.88. The summed E-state index contributed by atoms with van der Waals surface area (Å²) in [6, 6.07) is 7.75. The van der Waals surface area contributed by atoms with Gasteiger partial charge in [0.25, 0.3) is 0 Å². The van der Waals surface area contributed by atoms with Crippen LogP contribution in [-0.2, 0) is 17.8 Å². The fourth-order valence-corrected chi connectivity index (χ4v) is 2.47. The highest BCUT2D eigenvalue weighted by Gasteiger charge is 2.14. The van der Waals surface area contributed by atoms with Crippen molar-refractivity contribution in [2.75, 3.05) is 5.73 Å². The quantitative estimate of drug-likeness (QED) is 0.689. The van der Waals surface area contributed by atoms with E-state index in [1.807, 2.05) is 12.1 Å². The van der Waals surface area contributed by atoms with Crippen LogP contribution < -0.4 is 5.73 Å². The number of anilines is 1. The zero-order valence-corrected chi connectivity index (χ0v) is 11.3. The van der Waals surface area contributed by atoms with E-state index in [1.165, 1.54) is 17.0 Å². The number of thiophene rings is 1. The van der Waals surface area contributed by atoms with Gasteiger partial charge in [-0.3, -0.25) is 0 Å². The van der Waals surface area contributed by atoms with E-state index in [4.69, 9.17) is 10.5 Å². The lowest BCUT2D eigenvalue weighted by atomic mass is 10.2. The lowest BCUT2D eigenvalue weighted by molar-refractivity contribution is 0.0471. The number of nitrogen functional groups attached to an aromatic ring is 1. The van der Waals surface area contributed by atoms with Crippen molar-refractivity contribution in [3.05, 3.63) is 51.5 Å². The lowest BCUT2D eigenvalue weighted by Crippen LogP contribution is -2.07. The number of carbonyl (C=O) groups excluding carboxylic acids is 1. The molecule has 1 aromatic carbocycles. The molecule has 2 aromatic rings. The third-order valence-corrected chi connectivity index (χ3v) is 3.82. The van der Waals surface area contributed by atoms with Crippen molar-refractivity contribution in [3.8, 4) is 0 Å². The molecule has 0 atom stereocenters. The van der Waals surface area contributed by atoms with Crippen LogP contribution in [0.1, 0.15) is 27.0 Å². The lowest BCUT2D eigenvalue weighted by Gasteiger charge is -2.05. The molecule has 0 spiro atoms. The Morgan fingerprint density at radius 3 is 2.74 bits per heavy atom. The highest BCUT2D eigenvalue weighted by Crippen LogP contribution is 2.19. The van der Waals surface area contributed by atoms with Gasteiger partial charge < -0.3 is 10.5 Å². The number of aryl methyl sites for hydroxylation is 1. The SMILES string of the molecule is CCc1ccc(COC(=O)c2cc(N)ccc2F)s1. The van der Waals surface area contributed by atoms with Crippen LogP contribution in [0.25, 0.3) is 0 Å². The molecule has 2 rings (SSSR count). The number of carbonyl (C=O) groups is 1. The second-order valence-electron chi connectivity index (χ2n) is 4.04. The maximum atomic E-state index is 13.5. The Bertz CT molecular complexity index is 595. The Morgan fingerprint density at radius 2 is 2.05 bits per heavy atom. The molecule has 1 heterocycles. The fraction of sp³-hybridized carbons (Fsp3) is 0.214. The second kappa shape index (κ2) is 5.84. The first-order valence-electron chi connectivity index (χ1n) is 5.90. The Morgan fingerprint density at radius 1 is 1.32 bits per heavy atom. The second-order valence-corrected chi connectivity index (χ2v) is 5.29. The maximum absolute atomic E-state index is 13.5. The van der Waals surface area contributed by atoms with E-state index in [0.29, 0.717) is 5.69 Å². The minimum atomic E-state index is -0.698. The van der Waals surface area contributed by atoms with Gasteiger partial charge in [0.15, 0.2) is 0 Å². The van der Waals surface area contributed by atoms with Gasteiger partial charge in [0.2, 0.25) is 0 Å². The average molecular weight is 279 g/mol. The zero-order chi connectivity index (χ0) is 13.8. The van der Waals surface area contributed by atoms with Crippen molar-refractivity contribution in [3.63, 3.8) is 0 Å². The van der Waals surface area contributed by atoms with Gasteiger partial charge in [0, 0.05) is 15.4 Å². The van der Waals surface area contributed by atoms with Crippen LogP contribution in [-0.4, -0.2) is 5.97 Å². The number of nitrogens with two attached hydrogens (primary N) is 1. The summed E-state index contributed by atoms with van der Waals surface area (Å²) in [5, 5.41) is 0. The Labute approximate surface area is 114 Å². The van der Waals surface area contributed by atoms with Gasteiger partial charge in [0.05, 0.1) is 5.56 Å². The monoisotopic (exact) mass is 279 g/mol. The van der Waals surface area contributed by atoms with E-state index in [2.05, 4.69) is 6.92 Å². The number of hydrogen-bond acceptors (Lipinski definition) is 4. The molecular weight excluding hydrogens is 265 g/mol. The number of halogens is 1. The van der Waals surface area contributed by atoms with Crippen LogP contribution in [0.4, 0.5) is 10.1 Å². The summed E-state index contributed by atoms with van der Waals surface area (Å²) in [5.41, 5.74) is 5.72. The van der Waals surface area contributed by atoms with Crippen molar-refractivity contribution in [2.24, 2.45) is 0 Å². The fourth-order valence-electron chi connectivity index (χ4n) is 1.60. The molecule has 0 fully saturated rings. The molecule has 0 saturated heterocycles. The van der Waals surface area contributed by atoms with Crippen LogP contribution in [0.2, 0.25) is 0 Å². The van der Waals surface area contributed by atoms with Crippen molar-refractivity contribution in [2.45, 2.75) is 20.0 Å². The summed E-state index contributed by atoms with van der Waals surface area (Å²) >= 11 is 1.58. The van der Waals surface area contributed by atoms with E-state index in [-0.39, 0.29) is 12.2 Å². The molecule has 5 heteroatoms. The van der Waals surface area contributed by atoms with Crippen LogP contribution >= 0.6 is 11.3 Å². The van der Waals surface area contributed by atoms with Crippen molar-refractivity contribution in [1.82, 2.24) is 0 Å². The largest absolute Gasteiger partial charge is 0.456 e. The highest BCUT2D eigenvalue weighted by atomic mass is 32.1. The summed E-state index contributed by atoms with van der Waals surface area (Å²) < 4.78 is 18.5. The molecule has 19 heavy (non-hydrogen) atoms. The van der Waals surface area contributed by atoms with Crippen molar-refractivity contribution < 1.29 is 13.9 Å². The third-order valence-electron chi connectivity index (χ3n) is 2.62. The minimum Gasteiger partial charge on any atom is -0.456 e. The normalized spacial score (nSPS) is 10.4. The first-order chi connectivity index (χ1) is 9.10. The molecule has 0 radical (unpaired) electrons. The molecular formula is C14H14FNO2S. The highest BCUT2D eigenvalue weighted by molar-refractivity contribution is 7.11.